The molecule has 0 spiro atoms. The first-order valence-corrected chi connectivity index (χ1v) is 7.26. The van der Waals surface area contributed by atoms with Crippen molar-refractivity contribution < 1.29 is 9.53 Å². The van der Waals surface area contributed by atoms with Crippen LogP contribution < -0.4 is 10.6 Å². The molecule has 2 N–H and O–H groups in total. The van der Waals surface area contributed by atoms with Crippen LogP contribution in [0.4, 0.5) is 16.2 Å². The maximum atomic E-state index is 11.7. The van der Waals surface area contributed by atoms with E-state index in [1.165, 1.54) is 19.3 Å². The van der Waals surface area contributed by atoms with Crippen molar-refractivity contribution in [1.29, 1.82) is 0 Å². The molecule has 1 aromatic rings. The molecule has 0 heterocycles. The number of carbonyl (C=O) groups excluding carboxylic acids is 1. The van der Waals surface area contributed by atoms with Gasteiger partial charge in [0, 0.05) is 17.9 Å². The molecule has 0 aliphatic heterocycles. The number of anilines is 2. The number of amides is 1. The third kappa shape index (κ3) is 4.76. The van der Waals surface area contributed by atoms with Crippen LogP contribution in [0.5, 0.6) is 0 Å². The van der Waals surface area contributed by atoms with E-state index in [4.69, 9.17) is 4.74 Å². The van der Waals surface area contributed by atoms with Crippen LogP contribution >= 0.6 is 0 Å². The molecule has 1 saturated carbocycles. The van der Waals surface area contributed by atoms with Crippen LogP contribution in [0.1, 0.15) is 40.0 Å². The molecular formula is C16H24N2O2. The Kier molecular flexibility index (Phi) is 4.53. The van der Waals surface area contributed by atoms with Crippen LogP contribution in [0, 0.1) is 5.92 Å². The van der Waals surface area contributed by atoms with Gasteiger partial charge in [0.2, 0.25) is 0 Å². The first-order valence-electron chi connectivity index (χ1n) is 7.26. The second kappa shape index (κ2) is 6.16. The van der Waals surface area contributed by atoms with Crippen LogP contribution in [0.3, 0.4) is 0 Å². The highest BCUT2D eigenvalue weighted by Crippen LogP contribution is 2.26. The number of ether oxygens (including phenoxy) is 1. The minimum Gasteiger partial charge on any atom is -0.444 e. The van der Waals surface area contributed by atoms with Crippen molar-refractivity contribution in [3.63, 3.8) is 0 Å². The zero-order valence-electron chi connectivity index (χ0n) is 12.5. The Hall–Kier alpha value is -1.71. The average molecular weight is 276 g/mol. The number of hydrogen-bond donors (Lipinski definition) is 2. The third-order valence-electron chi connectivity index (χ3n) is 3.33. The maximum Gasteiger partial charge on any atom is 0.412 e. The minimum absolute atomic E-state index is 0.423. The second-order valence-corrected chi connectivity index (χ2v) is 6.39. The van der Waals surface area contributed by atoms with Crippen LogP contribution in [0.2, 0.25) is 0 Å². The van der Waals surface area contributed by atoms with Gasteiger partial charge in [0.15, 0.2) is 0 Å². The summed E-state index contributed by atoms with van der Waals surface area (Å²) in [7, 11) is 0. The molecule has 0 unspecified atom stereocenters. The normalized spacial score (nSPS) is 15.3. The average Bonchev–Trinajstić information content (AvgIpc) is 2.24. The van der Waals surface area contributed by atoms with E-state index in [1.807, 2.05) is 45.0 Å². The van der Waals surface area contributed by atoms with Gasteiger partial charge in [-0.05, 0) is 57.7 Å². The van der Waals surface area contributed by atoms with E-state index in [1.54, 1.807) is 0 Å². The lowest BCUT2D eigenvalue weighted by molar-refractivity contribution is 0.0636. The number of carbonyl (C=O) groups is 1. The number of benzene rings is 1. The van der Waals surface area contributed by atoms with E-state index in [9.17, 15) is 4.79 Å². The molecule has 0 bridgehead atoms. The van der Waals surface area contributed by atoms with Gasteiger partial charge in [-0.1, -0.05) is 12.5 Å². The highest BCUT2D eigenvalue weighted by atomic mass is 16.6. The summed E-state index contributed by atoms with van der Waals surface area (Å²) in [5, 5.41) is 6.17. The Bertz CT molecular complexity index is 462. The Morgan fingerprint density at radius 3 is 2.60 bits per heavy atom. The fraction of sp³-hybridized carbons (Fsp3) is 0.562. The predicted octanol–water partition coefficient (Wildman–Crippen LogP) is 4.25. The van der Waals surface area contributed by atoms with E-state index in [0.717, 1.165) is 23.8 Å². The fourth-order valence-electron chi connectivity index (χ4n) is 2.09. The molecule has 2 rings (SSSR count). The van der Waals surface area contributed by atoms with Gasteiger partial charge in [-0.25, -0.2) is 4.79 Å². The first-order chi connectivity index (χ1) is 9.42. The topological polar surface area (TPSA) is 50.4 Å². The summed E-state index contributed by atoms with van der Waals surface area (Å²) in [6.07, 6.45) is 3.58. The van der Waals surface area contributed by atoms with Crippen LogP contribution in [0.25, 0.3) is 0 Å². The van der Waals surface area contributed by atoms with E-state index in [-0.39, 0.29) is 0 Å². The fourth-order valence-corrected chi connectivity index (χ4v) is 2.09. The highest BCUT2D eigenvalue weighted by Gasteiger charge is 2.17. The number of nitrogens with one attached hydrogen (secondary N) is 2. The van der Waals surface area contributed by atoms with Crippen LogP contribution in [0.15, 0.2) is 24.3 Å². The van der Waals surface area contributed by atoms with Gasteiger partial charge in [0.1, 0.15) is 5.60 Å². The summed E-state index contributed by atoms with van der Waals surface area (Å²) >= 11 is 0. The molecule has 1 aromatic carbocycles. The minimum atomic E-state index is -0.482. The van der Waals surface area contributed by atoms with Gasteiger partial charge in [-0.2, -0.15) is 0 Å². The second-order valence-electron chi connectivity index (χ2n) is 6.39. The van der Waals surface area contributed by atoms with E-state index >= 15 is 0 Å². The van der Waals surface area contributed by atoms with Gasteiger partial charge < -0.3 is 10.1 Å². The van der Waals surface area contributed by atoms with Crippen molar-refractivity contribution >= 4 is 17.5 Å². The number of hydrogen-bond acceptors (Lipinski definition) is 3. The molecule has 20 heavy (non-hydrogen) atoms. The van der Waals surface area contributed by atoms with Gasteiger partial charge in [-0.15, -0.1) is 0 Å². The molecule has 110 valence electrons. The van der Waals surface area contributed by atoms with Crippen molar-refractivity contribution in [2.24, 2.45) is 5.92 Å². The molecule has 0 atom stereocenters. The molecule has 1 fully saturated rings. The molecule has 0 radical (unpaired) electrons. The van der Waals surface area contributed by atoms with Crippen molar-refractivity contribution in [2.45, 2.75) is 45.6 Å². The van der Waals surface area contributed by atoms with Crippen molar-refractivity contribution in [3.05, 3.63) is 24.3 Å². The van der Waals surface area contributed by atoms with Crippen molar-refractivity contribution in [3.8, 4) is 0 Å². The summed E-state index contributed by atoms with van der Waals surface area (Å²) in [6, 6.07) is 7.73. The Labute approximate surface area is 120 Å². The summed E-state index contributed by atoms with van der Waals surface area (Å²) in [6.45, 7) is 6.56. The summed E-state index contributed by atoms with van der Waals surface area (Å²) in [5.74, 6) is 0.803. The SMILES string of the molecule is CC(C)(C)OC(=O)Nc1cccc(NCC2CCC2)c1. The lowest BCUT2D eigenvalue weighted by atomic mass is 9.85. The zero-order chi connectivity index (χ0) is 14.6. The zero-order valence-corrected chi connectivity index (χ0v) is 12.5. The van der Waals surface area contributed by atoms with E-state index < -0.39 is 11.7 Å². The molecule has 0 saturated heterocycles. The largest absolute Gasteiger partial charge is 0.444 e. The van der Waals surface area contributed by atoms with Gasteiger partial charge in [0.25, 0.3) is 0 Å². The standard InChI is InChI=1S/C16H24N2O2/c1-16(2,3)20-15(19)18-14-9-5-8-13(10-14)17-11-12-6-4-7-12/h5,8-10,12,17H,4,6-7,11H2,1-3H3,(H,18,19). The molecule has 1 aliphatic carbocycles. The lowest BCUT2D eigenvalue weighted by Gasteiger charge is -2.26. The quantitative estimate of drug-likeness (QED) is 0.864. The predicted molar refractivity (Wildman–Crippen MR) is 82.1 cm³/mol. The summed E-state index contributed by atoms with van der Waals surface area (Å²) in [5.41, 5.74) is 1.30. The Balaban J connectivity index is 1.86. The van der Waals surface area contributed by atoms with Crippen molar-refractivity contribution in [1.82, 2.24) is 0 Å². The molecule has 4 nitrogen and oxygen atoms in total. The highest BCUT2D eigenvalue weighted by molar-refractivity contribution is 5.85. The first kappa shape index (κ1) is 14.7. The van der Waals surface area contributed by atoms with Crippen LogP contribution in [-0.2, 0) is 4.74 Å². The lowest BCUT2D eigenvalue weighted by Crippen LogP contribution is -2.27. The third-order valence-corrected chi connectivity index (χ3v) is 3.33. The Morgan fingerprint density at radius 1 is 1.30 bits per heavy atom. The summed E-state index contributed by atoms with van der Waals surface area (Å²) < 4.78 is 5.24. The number of rotatable bonds is 4. The molecule has 1 amide bonds. The van der Waals surface area contributed by atoms with E-state index in [2.05, 4.69) is 10.6 Å². The Morgan fingerprint density at radius 2 is 2.00 bits per heavy atom. The molecule has 1 aliphatic rings. The molecular weight excluding hydrogens is 252 g/mol. The van der Waals surface area contributed by atoms with Gasteiger partial charge in [0.05, 0.1) is 0 Å². The van der Waals surface area contributed by atoms with Crippen LogP contribution in [-0.4, -0.2) is 18.2 Å². The monoisotopic (exact) mass is 276 g/mol. The smallest absolute Gasteiger partial charge is 0.412 e. The maximum absolute atomic E-state index is 11.7. The van der Waals surface area contributed by atoms with E-state index in [0.29, 0.717) is 0 Å². The van der Waals surface area contributed by atoms with Gasteiger partial charge in [-0.3, -0.25) is 5.32 Å². The van der Waals surface area contributed by atoms with Crippen molar-refractivity contribution in [2.75, 3.05) is 17.2 Å². The summed E-state index contributed by atoms with van der Waals surface area (Å²) in [4.78, 5) is 11.7. The molecule has 0 aromatic heterocycles. The molecule has 4 heteroatoms. The van der Waals surface area contributed by atoms with Gasteiger partial charge >= 0.3 is 6.09 Å².